The van der Waals surface area contributed by atoms with Crippen LogP contribution >= 0.6 is 0 Å². The lowest BCUT2D eigenvalue weighted by atomic mass is 10.4. The third kappa shape index (κ3) is 2.91. The largest absolute Gasteiger partial charge is 0.476 e. The van der Waals surface area contributed by atoms with Gasteiger partial charge in [0.2, 0.25) is 5.88 Å². The zero-order chi connectivity index (χ0) is 12.1. The molecule has 0 aliphatic rings. The average Bonchev–Trinajstić information content (AvgIpc) is 2.20. The van der Waals surface area contributed by atoms with E-state index in [9.17, 15) is 8.78 Å². The molecule has 0 spiro atoms. The van der Waals surface area contributed by atoms with Crippen LogP contribution in [-0.4, -0.2) is 36.6 Å². The Morgan fingerprint density at radius 2 is 2.19 bits per heavy atom. The number of nitrogens with zero attached hydrogens (tertiary/aromatic N) is 3. The molecule has 7 heteroatoms. The molecule has 0 amide bonds. The van der Waals surface area contributed by atoms with Gasteiger partial charge in [0, 0.05) is 7.05 Å². The highest BCUT2D eigenvalue weighted by atomic mass is 19.3. The van der Waals surface area contributed by atoms with Gasteiger partial charge < -0.3 is 15.4 Å². The third-order valence-corrected chi connectivity index (χ3v) is 1.88. The second kappa shape index (κ2) is 5.43. The smallest absolute Gasteiger partial charge is 0.255 e. The Labute approximate surface area is 92.2 Å². The van der Waals surface area contributed by atoms with E-state index in [0.717, 1.165) is 0 Å². The third-order valence-electron chi connectivity index (χ3n) is 1.88. The molecule has 0 saturated carbocycles. The lowest BCUT2D eigenvalue weighted by Gasteiger charge is -2.19. The molecule has 0 atom stereocenters. The van der Waals surface area contributed by atoms with Gasteiger partial charge in [-0.25, -0.2) is 13.8 Å². The quantitative estimate of drug-likeness (QED) is 0.825. The van der Waals surface area contributed by atoms with E-state index in [-0.39, 0.29) is 17.4 Å². The lowest BCUT2D eigenvalue weighted by molar-refractivity contribution is 0.156. The Kier molecular flexibility index (Phi) is 4.21. The Balaban J connectivity index is 2.91. The Morgan fingerprint density at radius 3 is 2.75 bits per heavy atom. The van der Waals surface area contributed by atoms with Gasteiger partial charge in [0.25, 0.3) is 6.43 Å². The molecule has 2 N–H and O–H groups in total. The summed E-state index contributed by atoms with van der Waals surface area (Å²) in [7, 11) is 1.49. The zero-order valence-electron chi connectivity index (χ0n) is 9.15. The Bertz CT molecular complexity index is 348. The van der Waals surface area contributed by atoms with Crippen LogP contribution in [0.2, 0.25) is 0 Å². The monoisotopic (exact) mass is 232 g/mol. The number of anilines is 2. The first-order valence-corrected chi connectivity index (χ1v) is 4.78. The van der Waals surface area contributed by atoms with E-state index in [4.69, 9.17) is 10.5 Å². The minimum absolute atomic E-state index is 0.174. The van der Waals surface area contributed by atoms with E-state index in [0.29, 0.717) is 6.61 Å². The summed E-state index contributed by atoms with van der Waals surface area (Å²) < 4.78 is 29.5. The summed E-state index contributed by atoms with van der Waals surface area (Å²) in [6, 6.07) is 0. The van der Waals surface area contributed by atoms with Gasteiger partial charge in [0.05, 0.1) is 13.2 Å². The molecule has 1 aromatic heterocycles. The number of halogens is 2. The van der Waals surface area contributed by atoms with Gasteiger partial charge >= 0.3 is 0 Å². The summed E-state index contributed by atoms with van der Waals surface area (Å²) in [4.78, 5) is 8.94. The average molecular weight is 232 g/mol. The molecule has 0 aromatic carbocycles. The van der Waals surface area contributed by atoms with Crippen LogP contribution in [0.5, 0.6) is 5.88 Å². The molecule has 0 radical (unpaired) electrons. The highest BCUT2D eigenvalue weighted by Crippen LogP contribution is 2.27. The molecule has 1 rings (SSSR count). The maximum Gasteiger partial charge on any atom is 0.255 e. The van der Waals surface area contributed by atoms with Crippen molar-refractivity contribution in [3.8, 4) is 5.88 Å². The number of alkyl halides is 2. The fourth-order valence-electron chi connectivity index (χ4n) is 1.22. The Morgan fingerprint density at radius 1 is 1.50 bits per heavy atom. The summed E-state index contributed by atoms with van der Waals surface area (Å²) in [5.41, 5.74) is 5.88. The molecular formula is C9H14F2N4O. The van der Waals surface area contributed by atoms with Crippen LogP contribution in [0.4, 0.5) is 20.3 Å². The topological polar surface area (TPSA) is 64.3 Å². The first-order valence-electron chi connectivity index (χ1n) is 4.78. The molecule has 5 nitrogen and oxygen atoms in total. The van der Waals surface area contributed by atoms with Crippen molar-refractivity contribution < 1.29 is 13.5 Å². The van der Waals surface area contributed by atoms with Crippen molar-refractivity contribution in [2.75, 3.05) is 30.8 Å². The highest BCUT2D eigenvalue weighted by Gasteiger charge is 2.15. The molecule has 0 unspecified atom stereocenters. The van der Waals surface area contributed by atoms with E-state index in [1.165, 1.54) is 18.3 Å². The van der Waals surface area contributed by atoms with Gasteiger partial charge in [-0.15, -0.1) is 0 Å². The first kappa shape index (κ1) is 12.4. The molecule has 0 fully saturated rings. The van der Waals surface area contributed by atoms with Gasteiger partial charge in [-0.3, -0.25) is 0 Å². The summed E-state index contributed by atoms with van der Waals surface area (Å²) in [6.07, 6.45) is -1.21. The van der Waals surface area contributed by atoms with Crippen LogP contribution in [0, 0.1) is 0 Å². The van der Waals surface area contributed by atoms with Crippen molar-refractivity contribution >= 4 is 11.5 Å². The van der Waals surface area contributed by atoms with Crippen LogP contribution in [0.25, 0.3) is 0 Å². The van der Waals surface area contributed by atoms with E-state index >= 15 is 0 Å². The molecule has 90 valence electrons. The number of ether oxygens (including phenoxy) is 1. The summed E-state index contributed by atoms with van der Waals surface area (Å²) in [5, 5.41) is 0. The number of nitrogen functional groups attached to an aromatic ring is 1. The standard InChI is InChI=1S/C9H14F2N4O/c1-3-16-9-7(12)8(13-5-14-9)15(2)4-6(10)11/h5-6H,3-4,12H2,1-2H3. The van der Waals surface area contributed by atoms with Crippen molar-refractivity contribution in [1.29, 1.82) is 0 Å². The number of nitrogens with two attached hydrogens (primary N) is 1. The fourth-order valence-corrected chi connectivity index (χ4v) is 1.22. The number of rotatable bonds is 5. The van der Waals surface area contributed by atoms with Crippen molar-refractivity contribution in [2.24, 2.45) is 0 Å². The molecular weight excluding hydrogens is 218 g/mol. The summed E-state index contributed by atoms with van der Waals surface area (Å²) >= 11 is 0. The molecule has 0 aliphatic carbocycles. The van der Waals surface area contributed by atoms with Crippen molar-refractivity contribution in [2.45, 2.75) is 13.3 Å². The number of hydrogen-bond acceptors (Lipinski definition) is 5. The number of hydrogen-bond donors (Lipinski definition) is 1. The fraction of sp³-hybridized carbons (Fsp3) is 0.556. The zero-order valence-corrected chi connectivity index (χ0v) is 9.15. The van der Waals surface area contributed by atoms with Gasteiger partial charge in [-0.1, -0.05) is 0 Å². The maximum atomic E-state index is 12.2. The molecule has 0 bridgehead atoms. The van der Waals surface area contributed by atoms with E-state index in [1.54, 1.807) is 6.92 Å². The van der Waals surface area contributed by atoms with Crippen molar-refractivity contribution in [3.63, 3.8) is 0 Å². The Hall–Kier alpha value is -1.66. The second-order valence-electron chi connectivity index (χ2n) is 3.12. The normalized spacial score (nSPS) is 10.6. The molecule has 0 aliphatic heterocycles. The second-order valence-corrected chi connectivity index (χ2v) is 3.12. The lowest BCUT2D eigenvalue weighted by Crippen LogP contribution is -2.26. The maximum absolute atomic E-state index is 12.2. The number of aromatic nitrogens is 2. The minimum atomic E-state index is -2.45. The first-order chi connectivity index (χ1) is 7.56. The van der Waals surface area contributed by atoms with Crippen molar-refractivity contribution in [3.05, 3.63) is 6.33 Å². The molecule has 1 aromatic rings. The van der Waals surface area contributed by atoms with Crippen LogP contribution < -0.4 is 15.4 Å². The summed E-state index contributed by atoms with van der Waals surface area (Å²) in [5.74, 6) is 0.465. The highest BCUT2D eigenvalue weighted by molar-refractivity contribution is 5.67. The van der Waals surface area contributed by atoms with E-state index < -0.39 is 13.0 Å². The van der Waals surface area contributed by atoms with Crippen LogP contribution in [0.15, 0.2) is 6.33 Å². The predicted molar refractivity (Wildman–Crippen MR) is 56.9 cm³/mol. The molecule has 0 saturated heterocycles. The van der Waals surface area contributed by atoms with Gasteiger partial charge in [-0.05, 0) is 6.92 Å². The van der Waals surface area contributed by atoms with Crippen LogP contribution in [-0.2, 0) is 0 Å². The van der Waals surface area contributed by atoms with Crippen molar-refractivity contribution in [1.82, 2.24) is 9.97 Å². The predicted octanol–water partition coefficient (Wildman–Crippen LogP) is 1.16. The van der Waals surface area contributed by atoms with Gasteiger partial charge in [-0.2, -0.15) is 4.98 Å². The van der Waals surface area contributed by atoms with Gasteiger partial charge in [0.15, 0.2) is 5.82 Å². The SMILES string of the molecule is CCOc1ncnc(N(C)CC(F)F)c1N. The molecule has 1 heterocycles. The van der Waals surface area contributed by atoms with E-state index in [1.807, 2.05) is 0 Å². The van der Waals surface area contributed by atoms with Crippen LogP contribution in [0.1, 0.15) is 6.92 Å². The van der Waals surface area contributed by atoms with Gasteiger partial charge in [0.1, 0.15) is 12.0 Å². The van der Waals surface area contributed by atoms with E-state index in [2.05, 4.69) is 9.97 Å². The molecule has 16 heavy (non-hydrogen) atoms. The van der Waals surface area contributed by atoms with Crippen LogP contribution in [0.3, 0.4) is 0 Å². The summed E-state index contributed by atoms with van der Waals surface area (Å²) in [6.45, 7) is 1.75. The minimum Gasteiger partial charge on any atom is -0.476 e.